The fraction of sp³-hybridized carbons (Fsp3) is 0.545. The molecule has 110 valence electrons. The zero-order valence-corrected chi connectivity index (χ0v) is 11.7. The van der Waals surface area contributed by atoms with E-state index in [1.165, 1.54) is 10.9 Å². The number of halogens is 3. The van der Waals surface area contributed by atoms with Crippen LogP contribution >= 0.6 is 11.3 Å². The van der Waals surface area contributed by atoms with E-state index in [1.807, 2.05) is 0 Å². The van der Waals surface area contributed by atoms with Crippen molar-refractivity contribution in [3.8, 4) is 0 Å². The quantitative estimate of drug-likeness (QED) is 0.939. The molecule has 0 radical (unpaired) electrons. The van der Waals surface area contributed by atoms with Gasteiger partial charge in [-0.15, -0.1) is 16.4 Å². The van der Waals surface area contributed by atoms with Crippen molar-refractivity contribution in [2.75, 3.05) is 6.61 Å². The van der Waals surface area contributed by atoms with Gasteiger partial charge in [0.05, 0.1) is 18.8 Å². The lowest BCUT2D eigenvalue weighted by atomic mass is 9.91. The Morgan fingerprint density at radius 1 is 1.35 bits per heavy atom. The minimum atomic E-state index is -4.42. The predicted molar refractivity (Wildman–Crippen MR) is 66.4 cm³/mol. The minimum Gasteiger partial charge on any atom is -0.395 e. The van der Waals surface area contributed by atoms with Crippen molar-refractivity contribution in [3.63, 3.8) is 0 Å². The maximum absolute atomic E-state index is 12.4. The van der Waals surface area contributed by atoms with E-state index in [9.17, 15) is 18.3 Å². The molecule has 2 aromatic rings. The van der Waals surface area contributed by atoms with Crippen molar-refractivity contribution in [1.82, 2.24) is 20.0 Å². The smallest absolute Gasteiger partial charge is 0.395 e. The average Bonchev–Trinajstić information content (AvgIpc) is 2.98. The molecule has 0 saturated heterocycles. The summed E-state index contributed by atoms with van der Waals surface area (Å²) in [6.45, 7) is 3.68. The van der Waals surface area contributed by atoms with Gasteiger partial charge >= 0.3 is 6.18 Å². The van der Waals surface area contributed by atoms with Crippen LogP contribution in [0.25, 0.3) is 0 Å². The number of aliphatic hydroxyl groups excluding tert-OH is 1. The van der Waals surface area contributed by atoms with Crippen LogP contribution in [0.1, 0.15) is 29.4 Å². The molecule has 0 aliphatic carbocycles. The predicted octanol–water partition coefficient (Wildman–Crippen LogP) is 2.07. The Labute approximate surface area is 117 Å². The monoisotopic (exact) mass is 306 g/mol. The Kier molecular flexibility index (Phi) is 3.83. The van der Waals surface area contributed by atoms with E-state index in [4.69, 9.17) is 0 Å². The van der Waals surface area contributed by atoms with Gasteiger partial charge in [0, 0.05) is 22.7 Å². The molecule has 0 bridgehead atoms. The summed E-state index contributed by atoms with van der Waals surface area (Å²) in [5, 5.41) is 16.1. The summed E-state index contributed by atoms with van der Waals surface area (Å²) in [5.41, 5.74) is 0.0452. The van der Waals surface area contributed by atoms with Crippen LogP contribution in [-0.4, -0.2) is 31.7 Å². The van der Waals surface area contributed by atoms with Crippen LogP contribution in [0.3, 0.4) is 0 Å². The van der Waals surface area contributed by atoms with Gasteiger partial charge in [0.25, 0.3) is 0 Å². The first-order valence-corrected chi connectivity index (χ1v) is 6.57. The maximum atomic E-state index is 12.4. The third-order valence-corrected chi connectivity index (χ3v) is 3.77. The fourth-order valence-corrected chi connectivity index (χ4v) is 2.21. The molecule has 9 heteroatoms. The number of aliphatic hydroxyl groups is 1. The highest BCUT2D eigenvalue weighted by atomic mass is 32.1. The Bertz CT molecular complexity index is 591. The molecule has 0 fully saturated rings. The normalized spacial score (nSPS) is 12.9. The molecule has 0 unspecified atom stereocenters. The lowest BCUT2D eigenvalue weighted by molar-refractivity contribution is -0.137. The van der Waals surface area contributed by atoms with Gasteiger partial charge in [-0.25, -0.2) is 9.67 Å². The van der Waals surface area contributed by atoms with Crippen LogP contribution < -0.4 is 0 Å². The number of rotatable bonds is 4. The van der Waals surface area contributed by atoms with Crippen molar-refractivity contribution in [2.24, 2.45) is 0 Å². The Morgan fingerprint density at radius 2 is 2.05 bits per heavy atom. The van der Waals surface area contributed by atoms with Crippen molar-refractivity contribution in [1.29, 1.82) is 0 Å². The van der Waals surface area contributed by atoms with Crippen molar-refractivity contribution < 1.29 is 18.3 Å². The van der Waals surface area contributed by atoms with Crippen molar-refractivity contribution in [3.05, 3.63) is 28.0 Å². The zero-order valence-electron chi connectivity index (χ0n) is 10.8. The summed E-state index contributed by atoms with van der Waals surface area (Å²) in [7, 11) is 0. The number of aromatic nitrogens is 4. The Morgan fingerprint density at radius 3 is 2.60 bits per heavy atom. The van der Waals surface area contributed by atoms with Gasteiger partial charge in [-0.2, -0.15) is 13.2 Å². The van der Waals surface area contributed by atoms with E-state index in [-0.39, 0.29) is 13.2 Å². The molecule has 0 saturated carbocycles. The first-order chi connectivity index (χ1) is 9.22. The maximum Gasteiger partial charge on any atom is 0.443 e. The standard InChI is InChI=1S/C11H13F3N4OS/c1-10(2,6-19)8-5-18(17-16-8)4-7-3-15-9(20-7)11(12,13)14/h3,5,19H,4,6H2,1-2H3. The summed E-state index contributed by atoms with van der Waals surface area (Å²) in [4.78, 5) is 3.79. The molecule has 2 rings (SSSR count). The Balaban J connectivity index is 2.13. The van der Waals surface area contributed by atoms with Crippen LogP contribution in [0.2, 0.25) is 0 Å². The van der Waals surface area contributed by atoms with Gasteiger partial charge in [0.1, 0.15) is 0 Å². The summed E-state index contributed by atoms with van der Waals surface area (Å²) >= 11 is 0.583. The molecule has 0 aliphatic heterocycles. The molecule has 2 aromatic heterocycles. The van der Waals surface area contributed by atoms with Gasteiger partial charge in [-0.3, -0.25) is 0 Å². The summed E-state index contributed by atoms with van der Waals surface area (Å²) in [6, 6.07) is 0. The number of thiazole rings is 1. The molecular formula is C11H13F3N4OS. The topological polar surface area (TPSA) is 63.8 Å². The number of alkyl halides is 3. The Hall–Kier alpha value is -1.48. The molecule has 2 heterocycles. The van der Waals surface area contributed by atoms with E-state index < -0.39 is 16.6 Å². The molecule has 0 aliphatic rings. The molecule has 0 amide bonds. The van der Waals surface area contributed by atoms with Crippen LogP contribution in [0.15, 0.2) is 12.4 Å². The highest BCUT2D eigenvalue weighted by molar-refractivity contribution is 7.11. The van der Waals surface area contributed by atoms with Crippen LogP contribution in [0, 0.1) is 0 Å². The molecule has 20 heavy (non-hydrogen) atoms. The first kappa shape index (κ1) is 14.9. The van der Waals surface area contributed by atoms with Crippen LogP contribution in [-0.2, 0) is 18.1 Å². The number of hydrogen-bond acceptors (Lipinski definition) is 5. The van der Waals surface area contributed by atoms with Crippen molar-refractivity contribution in [2.45, 2.75) is 32.0 Å². The van der Waals surface area contributed by atoms with Gasteiger partial charge < -0.3 is 5.11 Å². The minimum absolute atomic E-state index is 0.0928. The van der Waals surface area contributed by atoms with Crippen molar-refractivity contribution >= 4 is 11.3 Å². The van der Waals surface area contributed by atoms with Gasteiger partial charge in [-0.1, -0.05) is 19.1 Å². The number of nitrogens with zero attached hydrogens (tertiary/aromatic N) is 4. The van der Waals surface area contributed by atoms with Crippen LogP contribution in [0.4, 0.5) is 13.2 Å². The second-order valence-electron chi connectivity index (χ2n) is 4.97. The van der Waals surface area contributed by atoms with E-state index >= 15 is 0 Å². The third kappa shape index (κ3) is 3.15. The molecule has 0 aromatic carbocycles. The van der Waals surface area contributed by atoms with E-state index in [2.05, 4.69) is 15.3 Å². The molecule has 0 atom stereocenters. The van der Waals surface area contributed by atoms with Gasteiger partial charge in [-0.05, 0) is 0 Å². The van der Waals surface area contributed by atoms with Gasteiger partial charge in [0.2, 0.25) is 0 Å². The highest BCUT2D eigenvalue weighted by Crippen LogP contribution is 2.32. The molecular weight excluding hydrogens is 293 g/mol. The lowest BCUT2D eigenvalue weighted by Crippen LogP contribution is -2.22. The SMILES string of the molecule is CC(C)(CO)c1cn(Cc2cnc(C(F)(F)F)s2)nn1. The fourth-order valence-electron chi connectivity index (χ4n) is 1.44. The largest absolute Gasteiger partial charge is 0.443 e. The molecule has 1 N–H and O–H groups in total. The van der Waals surface area contributed by atoms with E-state index in [0.29, 0.717) is 21.9 Å². The van der Waals surface area contributed by atoms with E-state index in [0.717, 1.165) is 0 Å². The second kappa shape index (κ2) is 5.13. The third-order valence-electron chi connectivity index (χ3n) is 2.74. The second-order valence-corrected chi connectivity index (χ2v) is 6.09. The number of hydrogen-bond donors (Lipinski definition) is 1. The zero-order chi connectivity index (χ0) is 15.0. The lowest BCUT2D eigenvalue weighted by Gasteiger charge is -2.17. The summed E-state index contributed by atoms with van der Waals surface area (Å²) < 4.78 is 38.7. The summed E-state index contributed by atoms with van der Waals surface area (Å²) in [6.07, 6.45) is -1.62. The molecule has 5 nitrogen and oxygen atoms in total. The molecule has 0 spiro atoms. The van der Waals surface area contributed by atoms with Crippen LogP contribution in [0.5, 0.6) is 0 Å². The van der Waals surface area contributed by atoms with Gasteiger partial charge in [0.15, 0.2) is 5.01 Å². The summed E-state index contributed by atoms with van der Waals surface area (Å²) in [5.74, 6) is 0. The first-order valence-electron chi connectivity index (χ1n) is 5.76. The highest BCUT2D eigenvalue weighted by Gasteiger charge is 2.34. The average molecular weight is 306 g/mol. The van der Waals surface area contributed by atoms with E-state index in [1.54, 1.807) is 20.0 Å².